The molecular weight excluding hydrogens is 416 g/mol. The Labute approximate surface area is 192 Å². The Morgan fingerprint density at radius 2 is 1.67 bits per heavy atom. The van der Waals surface area contributed by atoms with E-state index in [0.717, 1.165) is 35.7 Å². The fourth-order valence-electron chi connectivity index (χ4n) is 5.22. The van der Waals surface area contributed by atoms with Gasteiger partial charge in [-0.2, -0.15) is 4.98 Å². The maximum atomic E-state index is 13.6. The van der Waals surface area contributed by atoms with Crippen LogP contribution >= 0.6 is 0 Å². The first kappa shape index (κ1) is 21.7. The average molecular weight is 449 g/mol. The molecule has 1 saturated heterocycles. The summed E-state index contributed by atoms with van der Waals surface area (Å²) in [6, 6.07) is 6.32. The van der Waals surface area contributed by atoms with Crippen molar-refractivity contribution < 1.29 is 0 Å². The van der Waals surface area contributed by atoms with Gasteiger partial charge in [-0.05, 0) is 65.3 Å². The van der Waals surface area contributed by atoms with Gasteiger partial charge in [-0.25, -0.2) is 4.79 Å². The second-order valence-corrected chi connectivity index (χ2v) is 9.42. The predicted octanol–water partition coefficient (Wildman–Crippen LogP) is 2.86. The van der Waals surface area contributed by atoms with Crippen LogP contribution in [0.25, 0.3) is 22.6 Å². The minimum atomic E-state index is -0.308. The molecule has 8 heteroatoms. The molecule has 4 heterocycles. The molecule has 8 nitrogen and oxygen atoms in total. The Hall–Kier alpha value is -3.13. The summed E-state index contributed by atoms with van der Waals surface area (Å²) in [6.07, 6.45) is 3.62. The first-order valence-electron chi connectivity index (χ1n) is 11.8. The maximum absolute atomic E-state index is 13.6. The van der Waals surface area contributed by atoms with Gasteiger partial charge in [-0.15, -0.1) is 0 Å². The molecule has 1 aliphatic rings. The lowest BCUT2D eigenvalue weighted by molar-refractivity contribution is 0.218. The second-order valence-electron chi connectivity index (χ2n) is 9.42. The molecular formula is C25H32N6O2. The standard InChI is InChI=1S/C25H32N6O2/c1-16-9-10-20(17(2)15-16)30-18(3)19(4)31-21-22(26-24(30)31)27(5)25(33)29(23(21)32)14-13-28-11-7-6-8-12-28/h9-10,15H,6-8,11-14H2,1-5H3. The van der Waals surface area contributed by atoms with E-state index in [0.29, 0.717) is 30.0 Å². The summed E-state index contributed by atoms with van der Waals surface area (Å²) in [4.78, 5) is 33.9. The molecule has 33 heavy (non-hydrogen) atoms. The number of aromatic nitrogens is 5. The van der Waals surface area contributed by atoms with Crippen molar-refractivity contribution in [2.45, 2.75) is 53.5 Å². The molecule has 5 rings (SSSR count). The highest BCUT2D eigenvalue weighted by Gasteiger charge is 2.24. The van der Waals surface area contributed by atoms with E-state index < -0.39 is 0 Å². The molecule has 0 bridgehead atoms. The van der Waals surface area contributed by atoms with Gasteiger partial charge in [0.15, 0.2) is 11.2 Å². The Morgan fingerprint density at radius 3 is 2.36 bits per heavy atom. The van der Waals surface area contributed by atoms with E-state index in [1.807, 2.05) is 18.2 Å². The van der Waals surface area contributed by atoms with Crippen LogP contribution in [-0.4, -0.2) is 47.6 Å². The minimum Gasteiger partial charge on any atom is -0.302 e. The number of fused-ring (bicyclic) bond motifs is 3. The van der Waals surface area contributed by atoms with Crippen molar-refractivity contribution in [3.8, 4) is 5.69 Å². The van der Waals surface area contributed by atoms with E-state index >= 15 is 0 Å². The highest BCUT2D eigenvalue weighted by atomic mass is 16.2. The van der Waals surface area contributed by atoms with Crippen LogP contribution in [0.4, 0.5) is 0 Å². The molecule has 1 aromatic carbocycles. The molecule has 0 saturated carbocycles. The highest BCUT2D eigenvalue weighted by Crippen LogP contribution is 2.26. The molecule has 0 atom stereocenters. The topological polar surface area (TPSA) is 69.5 Å². The average Bonchev–Trinajstić information content (AvgIpc) is 3.29. The van der Waals surface area contributed by atoms with Gasteiger partial charge in [0.25, 0.3) is 5.56 Å². The van der Waals surface area contributed by atoms with E-state index in [1.165, 1.54) is 34.0 Å². The van der Waals surface area contributed by atoms with Crippen molar-refractivity contribution in [2.75, 3.05) is 19.6 Å². The number of piperidine rings is 1. The van der Waals surface area contributed by atoms with Crippen molar-refractivity contribution in [2.24, 2.45) is 7.05 Å². The monoisotopic (exact) mass is 448 g/mol. The quantitative estimate of drug-likeness (QED) is 0.481. The highest BCUT2D eigenvalue weighted by molar-refractivity contribution is 5.77. The number of benzene rings is 1. The molecule has 0 radical (unpaired) electrons. The number of hydrogen-bond donors (Lipinski definition) is 0. The van der Waals surface area contributed by atoms with Crippen LogP contribution in [-0.2, 0) is 13.6 Å². The molecule has 0 amide bonds. The number of aryl methyl sites for hydroxylation is 4. The normalized spacial score (nSPS) is 15.2. The van der Waals surface area contributed by atoms with Crippen molar-refractivity contribution in [1.82, 2.24) is 28.0 Å². The minimum absolute atomic E-state index is 0.265. The summed E-state index contributed by atoms with van der Waals surface area (Å²) in [5.74, 6) is 0.660. The first-order chi connectivity index (χ1) is 15.8. The molecule has 0 unspecified atom stereocenters. The number of likely N-dealkylation sites (tertiary alicyclic amines) is 1. The van der Waals surface area contributed by atoms with Crippen LogP contribution in [0.3, 0.4) is 0 Å². The van der Waals surface area contributed by atoms with Crippen molar-refractivity contribution in [3.63, 3.8) is 0 Å². The van der Waals surface area contributed by atoms with Gasteiger partial charge in [-0.1, -0.05) is 24.1 Å². The van der Waals surface area contributed by atoms with Crippen molar-refractivity contribution >= 4 is 16.9 Å². The van der Waals surface area contributed by atoms with Crippen LogP contribution in [0.1, 0.15) is 41.8 Å². The molecule has 0 aliphatic carbocycles. The number of nitrogens with zero attached hydrogens (tertiary/aromatic N) is 6. The smallest absolute Gasteiger partial charge is 0.302 e. The number of hydrogen-bond acceptors (Lipinski definition) is 4. The third-order valence-corrected chi connectivity index (χ3v) is 7.20. The molecule has 0 N–H and O–H groups in total. The summed E-state index contributed by atoms with van der Waals surface area (Å²) in [7, 11) is 1.71. The molecule has 3 aromatic heterocycles. The lowest BCUT2D eigenvalue weighted by atomic mass is 10.1. The maximum Gasteiger partial charge on any atom is 0.332 e. The third kappa shape index (κ3) is 3.35. The van der Waals surface area contributed by atoms with E-state index in [4.69, 9.17) is 4.98 Å². The first-order valence-corrected chi connectivity index (χ1v) is 11.8. The lowest BCUT2D eigenvalue weighted by Crippen LogP contribution is -2.43. The fraction of sp³-hybridized carbons (Fsp3) is 0.480. The van der Waals surface area contributed by atoms with Crippen LogP contribution in [0.15, 0.2) is 27.8 Å². The summed E-state index contributed by atoms with van der Waals surface area (Å²) in [5, 5.41) is 0. The number of imidazole rings is 2. The third-order valence-electron chi connectivity index (χ3n) is 7.20. The van der Waals surface area contributed by atoms with Crippen LogP contribution in [0.5, 0.6) is 0 Å². The second kappa shape index (κ2) is 8.02. The molecule has 174 valence electrons. The lowest BCUT2D eigenvalue weighted by Gasteiger charge is -2.26. The summed E-state index contributed by atoms with van der Waals surface area (Å²) < 4.78 is 6.91. The molecule has 1 aliphatic heterocycles. The summed E-state index contributed by atoms with van der Waals surface area (Å²) in [6.45, 7) is 11.4. The Kier molecular flexibility index (Phi) is 5.28. The Bertz CT molecular complexity index is 1490. The molecule has 4 aromatic rings. The predicted molar refractivity (Wildman–Crippen MR) is 131 cm³/mol. The largest absolute Gasteiger partial charge is 0.332 e. The van der Waals surface area contributed by atoms with Crippen molar-refractivity contribution in [3.05, 3.63) is 61.6 Å². The van der Waals surface area contributed by atoms with Crippen LogP contribution in [0, 0.1) is 27.7 Å². The van der Waals surface area contributed by atoms with Crippen LogP contribution < -0.4 is 11.2 Å². The van der Waals surface area contributed by atoms with Gasteiger partial charge < -0.3 is 4.90 Å². The molecule has 1 fully saturated rings. The van der Waals surface area contributed by atoms with Gasteiger partial charge in [0.2, 0.25) is 5.78 Å². The van der Waals surface area contributed by atoms with Gasteiger partial charge in [0.05, 0.1) is 5.69 Å². The summed E-state index contributed by atoms with van der Waals surface area (Å²) in [5.41, 5.74) is 5.66. The van der Waals surface area contributed by atoms with Gasteiger partial charge in [-0.3, -0.25) is 22.9 Å². The van der Waals surface area contributed by atoms with E-state index in [1.54, 1.807) is 7.05 Å². The Balaban J connectivity index is 1.72. The zero-order valence-electron chi connectivity index (χ0n) is 20.2. The van der Waals surface area contributed by atoms with E-state index in [-0.39, 0.29) is 11.2 Å². The van der Waals surface area contributed by atoms with Gasteiger partial charge in [0, 0.05) is 31.5 Å². The SMILES string of the molecule is Cc1ccc(-n2c(C)c(C)n3c4c(=O)n(CCN5CCCCC5)c(=O)n(C)c4nc23)c(C)c1. The number of rotatable bonds is 4. The van der Waals surface area contributed by atoms with Crippen molar-refractivity contribution in [1.29, 1.82) is 0 Å². The summed E-state index contributed by atoms with van der Waals surface area (Å²) >= 11 is 0. The van der Waals surface area contributed by atoms with Crippen LogP contribution in [0.2, 0.25) is 0 Å². The van der Waals surface area contributed by atoms with Gasteiger partial charge in [0.1, 0.15) is 0 Å². The zero-order valence-corrected chi connectivity index (χ0v) is 20.2. The van der Waals surface area contributed by atoms with E-state index in [9.17, 15) is 9.59 Å². The van der Waals surface area contributed by atoms with E-state index in [2.05, 4.69) is 41.5 Å². The zero-order chi connectivity index (χ0) is 23.4. The fourth-order valence-corrected chi connectivity index (χ4v) is 5.22. The molecule has 0 spiro atoms. The Morgan fingerprint density at radius 1 is 0.939 bits per heavy atom. The van der Waals surface area contributed by atoms with Gasteiger partial charge >= 0.3 is 5.69 Å².